The molecule has 3 unspecified atom stereocenters. The zero-order chi connectivity index (χ0) is 22.0. The molecular formula is C25H28N2O4. The van der Waals surface area contributed by atoms with E-state index in [9.17, 15) is 14.4 Å². The van der Waals surface area contributed by atoms with E-state index in [4.69, 9.17) is 4.74 Å². The zero-order valence-corrected chi connectivity index (χ0v) is 18.0. The lowest BCUT2D eigenvalue weighted by Crippen LogP contribution is -2.45. The molecule has 1 amide bonds. The largest absolute Gasteiger partial charge is 0.454 e. The molecule has 31 heavy (non-hydrogen) atoms. The van der Waals surface area contributed by atoms with Crippen molar-refractivity contribution in [2.24, 2.45) is 11.8 Å². The van der Waals surface area contributed by atoms with Gasteiger partial charge in [-0.2, -0.15) is 0 Å². The van der Waals surface area contributed by atoms with Crippen molar-refractivity contribution < 1.29 is 14.3 Å². The van der Waals surface area contributed by atoms with Gasteiger partial charge in [0.2, 0.25) is 0 Å². The highest BCUT2D eigenvalue weighted by molar-refractivity contribution is 5.94. The van der Waals surface area contributed by atoms with E-state index in [0.717, 1.165) is 12.8 Å². The minimum Gasteiger partial charge on any atom is -0.454 e. The minimum absolute atomic E-state index is 0.0639. The van der Waals surface area contributed by atoms with E-state index in [1.54, 1.807) is 28.8 Å². The summed E-state index contributed by atoms with van der Waals surface area (Å²) >= 11 is 0. The Bertz CT molecular complexity index is 1120. The van der Waals surface area contributed by atoms with Crippen LogP contribution in [0.5, 0.6) is 0 Å². The number of ether oxygens (including phenoxy) is 1. The molecule has 3 aromatic rings. The summed E-state index contributed by atoms with van der Waals surface area (Å²) in [5.74, 6) is 0.198. The lowest BCUT2D eigenvalue weighted by atomic mass is 9.78. The van der Waals surface area contributed by atoms with Crippen LogP contribution in [0.3, 0.4) is 0 Å². The van der Waals surface area contributed by atoms with Crippen LogP contribution in [0.15, 0.2) is 53.3 Å². The smallest absolute Gasteiger partial charge is 0.326 e. The van der Waals surface area contributed by atoms with Gasteiger partial charge in [-0.05, 0) is 42.5 Å². The summed E-state index contributed by atoms with van der Waals surface area (Å²) in [6, 6.07) is 14.5. The number of aromatic nitrogens is 1. The van der Waals surface area contributed by atoms with Crippen LogP contribution in [0, 0.1) is 11.8 Å². The summed E-state index contributed by atoms with van der Waals surface area (Å²) in [6.45, 7) is 3.99. The Kier molecular flexibility index (Phi) is 6.07. The topological polar surface area (TPSA) is 77.4 Å². The number of fused-ring (bicyclic) bond motifs is 2. The number of hydrogen-bond acceptors (Lipinski definition) is 4. The molecule has 162 valence electrons. The highest BCUT2D eigenvalue weighted by Gasteiger charge is 2.28. The standard InChI is InChI=1S/C25H28N2O4/c1-16-8-7-11-20(17(16)2)26-23(28)15-31-24(29)14-27-21-12-5-3-9-18(21)25(30)19-10-4-6-13-22(19)27/h3-6,9-10,12-13,16-17,20H,7-8,11,14-15H2,1-2H3,(H,26,28). The first-order valence-electron chi connectivity index (χ1n) is 10.9. The van der Waals surface area contributed by atoms with E-state index >= 15 is 0 Å². The van der Waals surface area contributed by atoms with Crippen molar-refractivity contribution in [3.05, 3.63) is 58.8 Å². The van der Waals surface area contributed by atoms with Gasteiger partial charge < -0.3 is 14.6 Å². The second kappa shape index (κ2) is 8.92. The molecule has 1 fully saturated rings. The van der Waals surface area contributed by atoms with Gasteiger partial charge in [0.25, 0.3) is 5.91 Å². The molecule has 6 nitrogen and oxygen atoms in total. The summed E-state index contributed by atoms with van der Waals surface area (Å²) in [4.78, 5) is 37.7. The van der Waals surface area contributed by atoms with E-state index in [1.807, 2.05) is 24.3 Å². The third-order valence-electron chi connectivity index (χ3n) is 6.58. The Labute approximate surface area is 181 Å². The number of nitrogens with one attached hydrogen (secondary N) is 1. The first-order chi connectivity index (χ1) is 15.0. The van der Waals surface area contributed by atoms with E-state index < -0.39 is 5.97 Å². The number of nitrogens with zero attached hydrogens (tertiary/aromatic N) is 1. The fourth-order valence-electron chi connectivity index (χ4n) is 4.60. The quantitative estimate of drug-likeness (QED) is 0.505. The van der Waals surface area contributed by atoms with Gasteiger partial charge >= 0.3 is 5.97 Å². The summed E-state index contributed by atoms with van der Waals surface area (Å²) in [7, 11) is 0. The van der Waals surface area contributed by atoms with Crippen LogP contribution in [0.25, 0.3) is 21.8 Å². The Hall–Kier alpha value is -3.15. The second-order valence-corrected chi connectivity index (χ2v) is 8.55. The molecule has 1 N–H and O–H groups in total. The van der Waals surface area contributed by atoms with Crippen LogP contribution in [0.4, 0.5) is 0 Å². The van der Waals surface area contributed by atoms with Crippen LogP contribution in [0.1, 0.15) is 33.1 Å². The van der Waals surface area contributed by atoms with Gasteiger partial charge in [0.1, 0.15) is 6.54 Å². The van der Waals surface area contributed by atoms with E-state index in [0.29, 0.717) is 33.6 Å². The van der Waals surface area contributed by atoms with Crippen molar-refractivity contribution in [2.45, 2.75) is 45.7 Å². The molecule has 1 aliphatic rings. The molecule has 4 rings (SSSR count). The molecular weight excluding hydrogens is 392 g/mol. The number of para-hydroxylation sites is 2. The van der Waals surface area contributed by atoms with Crippen molar-refractivity contribution in [3.63, 3.8) is 0 Å². The molecule has 0 spiro atoms. The molecule has 1 aromatic heterocycles. The van der Waals surface area contributed by atoms with Crippen molar-refractivity contribution in [1.82, 2.24) is 9.88 Å². The molecule has 0 bridgehead atoms. The SMILES string of the molecule is CC1CCCC(NC(=O)COC(=O)Cn2c3ccccc3c(=O)c3ccccc32)C1C. The number of carbonyl (C=O) groups is 2. The van der Waals surface area contributed by atoms with Crippen molar-refractivity contribution in [1.29, 1.82) is 0 Å². The van der Waals surface area contributed by atoms with Gasteiger partial charge in [-0.3, -0.25) is 14.4 Å². The van der Waals surface area contributed by atoms with Crippen LogP contribution < -0.4 is 10.7 Å². The molecule has 0 aliphatic heterocycles. The fraction of sp³-hybridized carbons (Fsp3) is 0.400. The average Bonchev–Trinajstić information content (AvgIpc) is 2.78. The first-order valence-corrected chi connectivity index (χ1v) is 10.9. The van der Waals surface area contributed by atoms with Crippen molar-refractivity contribution in [2.75, 3.05) is 6.61 Å². The minimum atomic E-state index is -0.515. The van der Waals surface area contributed by atoms with E-state index in [1.165, 1.54) is 6.42 Å². The molecule has 0 radical (unpaired) electrons. The maximum absolute atomic E-state index is 12.8. The maximum atomic E-state index is 12.8. The molecule has 6 heteroatoms. The number of carbonyl (C=O) groups excluding carboxylic acids is 2. The molecule has 2 aromatic carbocycles. The Balaban J connectivity index is 1.48. The number of esters is 1. The number of pyridine rings is 1. The fourth-order valence-corrected chi connectivity index (χ4v) is 4.60. The van der Waals surface area contributed by atoms with Gasteiger partial charge in [-0.25, -0.2) is 0 Å². The maximum Gasteiger partial charge on any atom is 0.326 e. The van der Waals surface area contributed by atoms with Gasteiger partial charge in [0.15, 0.2) is 12.0 Å². The number of hydrogen-bond donors (Lipinski definition) is 1. The van der Waals surface area contributed by atoms with Gasteiger partial charge in [0.05, 0.1) is 11.0 Å². The molecule has 1 heterocycles. The second-order valence-electron chi connectivity index (χ2n) is 8.55. The van der Waals surface area contributed by atoms with Crippen LogP contribution in [0.2, 0.25) is 0 Å². The Morgan fingerprint density at radius 3 is 2.26 bits per heavy atom. The highest BCUT2D eigenvalue weighted by Crippen LogP contribution is 2.29. The van der Waals surface area contributed by atoms with Crippen molar-refractivity contribution in [3.8, 4) is 0 Å². The van der Waals surface area contributed by atoms with Gasteiger partial charge in [-0.1, -0.05) is 51.0 Å². The predicted molar refractivity (Wildman–Crippen MR) is 121 cm³/mol. The summed E-state index contributed by atoms with van der Waals surface area (Å²) in [6.07, 6.45) is 3.24. The monoisotopic (exact) mass is 420 g/mol. The highest BCUT2D eigenvalue weighted by atomic mass is 16.5. The Morgan fingerprint density at radius 1 is 1.00 bits per heavy atom. The first kappa shape index (κ1) is 21.1. The normalized spacial score (nSPS) is 21.2. The molecule has 3 atom stereocenters. The molecule has 0 saturated heterocycles. The van der Waals surface area contributed by atoms with E-state index in [2.05, 4.69) is 19.2 Å². The third-order valence-corrected chi connectivity index (χ3v) is 6.58. The number of rotatable bonds is 5. The lowest BCUT2D eigenvalue weighted by Gasteiger charge is -2.34. The summed E-state index contributed by atoms with van der Waals surface area (Å²) in [5.41, 5.74) is 1.27. The predicted octanol–water partition coefficient (Wildman–Crippen LogP) is 3.64. The number of amides is 1. The number of benzene rings is 2. The summed E-state index contributed by atoms with van der Waals surface area (Å²) < 4.78 is 7.06. The van der Waals surface area contributed by atoms with E-state index in [-0.39, 0.29) is 30.5 Å². The van der Waals surface area contributed by atoms with Gasteiger partial charge in [-0.15, -0.1) is 0 Å². The zero-order valence-electron chi connectivity index (χ0n) is 18.0. The Morgan fingerprint density at radius 2 is 1.61 bits per heavy atom. The van der Waals surface area contributed by atoms with Crippen LogP contribution in [-0.4, -0.2) is 29.1 Å². The molecule has 1 aliphatic carbocycles. The van der Waals surface area contributed by atoms with Crippen LogP contribution >= 0.6 is 0 Å². The molecule has 1 saturated carbocycles. The third kappa shape index (κ3) is 4.33. The lowest BCUT2D eigenvalue weighted by molar-refractivity contribution is -0.149. The average molecular weight is 421 g/mol. The summed E-state index contributed by atoms with van der Waals surface area (Å²) in [5, 5.41) is 4.12. The van der Waals surface area contributed by atoms with Gasteiger partial charge in [0, 0.05) is 16.8 Å². The van der Waals surface area contributed by atoms with Crippen molar-refractivity contribution >= 4 is 33.7 Å². The van der Waals surface area contributed by atoms with Crippen LogP contribution in [-0.2, 0) is 20.9 Å².